The van der Waals surface area contributed by atoms with E-state index in [0.717, 1.165) is 26.3 Å². The summed E-state index contributed by atoms with van der Waals surface area (Å²) in [6.07, 6.45) is 2.42. The number of nitrogens with zero attached hydrogens (tertiary/aromatic N) is 1. The Morgan fingerprint density at radius 1 is 1.28 bits per heavy atom. The van der Waals surface area contributed by atoms with Gasteiger partial charge in [-0.1, -0.05) is 13.8 Å². The largest absolute Gasteiger partial charge is 0.381 e. The lowest BCUT2D eigenvalue weighted by Gasteiger charge is -2.36. The van der Waals surface area contributed by atoms with E-state index in [2.05, 4.69) is 44.8 Å². The lowest BCUT2D eigenvalue weighted by molar-refractivity contribution is 0.105. The van der Waals surface area contributed by atoms with Crippen molar-refractivity contribution in [3.8, 4) is 0 Å². The van der Waals surface area contributed by atoms with E-state index < -0.39 is 0 Å². The molecule has 0 aromatic rings. The zero-order valence-electron chi connectivity index (χ0n) is 13.0. The molecule has 0 radical (unpaired) electrons. The Hall–Kier alpha value is -0.120. The summed E-state index contributed by atoms with van der Waals surface area (Å²) in [5.41, 5.74) is 0.510. The fourth-order valence-electron chi connectivity index (χ4n) is 2.56. The van der Waals surface area contributed by atoms with Crippen LogP contribution in [0, 0.1) is 5.41 Å². The van der Waals surface area contributed by atoms with E-state index in [-0.39, 0.29) is 5.54 Å². The first-order valence-electron chi connectivity index (χ1n) is 7.46. The second-order valence-electron chi connectivity index (χ2n) is 6.77. The minimum Gasteiger partial charge on any atom is -0.381 e. The van der Waals surface area contributed by atoms with Crippen LogP contribution in [0.4, 0.5) is 0 Å². The van der Waals surface area contributed by atoms with Crippen LogP contribution in [0.15, 0.2) is 0 Å². The predicted molar refractivity (Wildman–Crippen MR) is 78.0 cm³/mol. The molecule has 1 rings (SSSR count). The molecule has 1 unspecified atom stereocenters. The fraction of sp³-hybridized carbons (Fsp3) is 1.00. The summed E-state index contributed by atoms with van der Waals surface area (Å²) < 4.78 is 5.68. The first-order chi connectivity index (χ1) is 8.41. The number of hydrogen-bond donors (Lipinski definition) is 1. The molecule has 0 saturated carbocycles. The van der Waals surface area contributed by atoms with Crippen molar-refractivity contribution < 1.29 is 4.74 Å². The molecule has 1 aliphatic rings. The number of rotatable bonds is 7. The van der Waals surface area contributed by atoms with Gasteiger partial charge in [-0.05, 0) is 46.7 Å². The highest BCUT2D eigenvalue weighted by atomic mass is 16.5. The SMILES string of the molecule is CCCN(CC)CC1(CNC(C)(C)C)CCOC1. The third-order valence-electron chi connectivity index (χ3n) is 3.72. The summed E-state index contributed by atoms with van der Waals surface area (Å²) in [7, 11) is 0. The lowest BCUT2D eigenvalue weighted by Crippen LogP contribution is -2.49. The summed E-state index contributed by atoms with van der Waals surface area (Å²) in [6.45, 7) is 17.6. The number of hydrogen-bond acceptors (Lipinski definition) is 3. The fourth-order valence-corrected chi connectivity index (χ4v) is 2.56. The molecule has 0 aromatic heterocycles. The molecule has 3 heteroatoms. The first kappa shape index (κ1) is 15.9. The number of ether oxygens (including phenoxy) is 1. The topological polar surface area (TPSA) is 24.5 Å². The molecule has 0 aromatic carbocycles. The molecule has 18 heavy (non-hydrogen) atoms. The molecule has 0 aliphatic carbocycles. The van der Waals surface area contributed by atoms with Crippen LogP contribution in [0.25, 0.3) is 0 Å². The van der Waals surface area contributed by atoms with Gasteiger partial charge in [0.2, 0.25) is 0 Å². The highest BCUT2D eigenvalue weighted by Gasteiger charge is 2.36. The molecule has 0 spiro atoms. The van der Waals surface area contributed by atoms with Crippen LogP contribution in [0.2, 0.25) is 0 Å². The molecule has 0 bridgehead atoms. The third kappa shape index (κ3) is 5.25. The van der Waals surface area contributed by atoms with E-state index >= 15 is 0 Å². The quantitative estimate of drug-likeness (QED) is 0.757. The molecular weight excluding hydrogens is 224 g/mol. The van der Waals surface area contributed by atoms with Gasteiger partial charge in [0, 0.05) is 30.7 Å². The Bertz CT molecular complexity index is 229. The molecule has 108 valence electrons. The van der Waals surface area contributed by atoms with Gasteiger partial charge in [0.1, 0.15) is 0 Å². The second kappa shape index (κ2) is 6.88. The summed E-state index contributed by atoms with van der Waals surface area (Å²) in [5.74, 6) is 0. The van der Waals surface area contributed by atoms with E-state index in [1.54, 1.807) is 0 Å². The van der Waals surface area contributed by atoms with Crippen LogP contribution >= 0.6 is 0 Å². The van der Waals surface area contributed by atoms with Gasteiger partial charge in [-0.3, -0.25) is 0 Å². The molecule has 1 atom stereocenters. The van der Waals surface area contributed by atoms with Crippen LogP contribution < -0.4 is 5.32 Å². The molecular formula is C15H32N2O. The van der Waals surface area contributed by atoms with Crippen molar-refractivity contribution in [1.29, 1.82) is 0 Å². The van der Waals surface area contributed by atoms with Gasteiger partial charge >= 0.3 is 0 Å². The van der Waals surface area contributed by atoms with E-state index in [1.807, 2.05) is 0 Å². The third-order valence-corrected chi connectivity index (χ3v) is 3.72. The van der Waals surface area contributed by atoms with Crippen molar-refractivity contribution in [3.05, 3.63) is 0 Å². The molecule has 0 amide bonds. The van der Waals surface area contributed by atoms with E-state index in [4.69, 9.17) is 4.74 Å². The van der Waals surface area contributed by atoms with Gasteiger partial charge in [-0.2, -0.15) is 0 Å². The molecule has 1 N–H and O–H groups in total. The van der Waals surface area contributed by atoms with E-state index in [0.29, 0.717) is 5.41 Å². The molecule has 1 fully saturated rings. The zero-order valence-corrected chi connectivity index (χ0v) is 13.0. The normalized spacial score (nSPS) is 25.0. The molecule has 1 heterocycles. The Balaban J connectivity index is 2.56. The van der Waals surface area contributed by atoms with Crippen molar-refractivity contribution in [1.82, 2.24) is 10.2 Å². The first-order valence-corrected chi connectivity index (χ1v) is 7.46. The van der Waals surface area contributed by atoms with Gasteiger partial charge < -0.3 is 15.0 Å². The standard InChI is InChI=1S/C15H32N2O/c1-6-9-17(7-2)12-15(8-10-18-13-15)11-16-14(3,4)5/h16H,6-13H2,1-5H3. The monoisotopic (exact) mass is 256 g/mol. The van der Waals surface area contributed by atoms with E-state index in [1.165, 1.54) is 25.9 Å². The van der Waals surface area contributed by atoms with Crippen LogP contribution in [-0.4, -0.2) is 49.8 Å². The van der Waals surface area contributed by atoms with Gasteiger partial charge in [0.25, 0.3) is 0 Å². The Labute approximate surface area is 113 Å². The summed E-state index contributed by atoms with van der Waals surface area (Å²) in [5, 5.41) is 3.67. The number of nitrogens with one attached hydrogen (secondary N) is 1. The predicted octanol–water partition coefficient (Wildman–Crippen LogP) is 2.51. The smallest absolute Gasteiger partial charge is 0.0547 e. The zero-order chi connectivity index (χ0) is 13.6. The van der Waals surface area contributed by atoms with Gasteiger partial charge in [0.05, 0.1) is 6.61 Å². The van der Waals surface area contributed by atoms with Crippen molar-refractivity contribution in [3.63, 3.8) is 0 Å². The molecule has 1 saturated heterocycles. The van der Waals surface area contributed by atoms with Crippen molar-refractivity contribution >= 4 is 0 Å². The maximum Gasteiger partial charge on any atom is 0.0547 e. The maximum absolute atomic E-state index is 5.68. The molecule has 3 nitrogen and oxygen atoms in total. The average molecular weight is 256 g/mol. The van der Waals surface area contributed by atoms with E-state index in [9.17, 15) is 0 Å². The van der Waals surface area contributed by atoms with Crippen LogP contribution in [0.3, 0.4) is 0 Å². The minimum absolute atomic E-state index is 0.192. The minimum atomic E-state index is 0.192. The van der Waals surface area contributed by atoms with Gasteiger partial charge in [-0.25, -0.2) is 0 Å². The highest BCUT2D eigenvalue weighted by Crippen LogP contribution is 2.29. The van der Waals surface area contributed by atoms with Gasteiger partial charge in [-0.15, -0.1) is 0 Å². The van der Waals surface area contributed by atoms with Crippen molar-refractivity contribution in [2.45, 2.75) is 53.0 Å². The highest BCUT2D eigenvalue weighted by molar-refractivity contribution is 4.90. The summed E-state index contributed by atoms with van der Waals surface area (Å²) in [6, 6.07) is 0. The van der Waals surface area contributed by atoms with Crippen LogP contribution in [-0.2, 0) is 4.74 Å². The Kier molecular flexibility index (Phi) is 6.09. The van der Waals surface area contributed by atoms with Crippen LogP contribution in [0.1, 0.15) is 47.5 Å². The van der Waals surface area contributed by atoms with Crippen LogP contribution in [0.5, 0.6) is 0 Å². The molecule has 1 aliphatic heterocycles. The van der Waals surface area contributed by atoms with Crippen molar-refractivity contribution in [2.75, 3.05) is 39.4 Å². The summed E-state index contributed by atoms with van der Waals surface area (Å²) >= 11 is 0. The summed E-state index contributed by atoms with van der Waals surface area (Å²) in [4.78, 5) is 2.57. The van der Waals surface area contributed by atoms with Crippen molar-refractivity contribution in [2.24, 2.45) is 5.41 Å². The maximum atomic E-state index is 5.68. The average Bonchev–Trinajstić information content (AvgIpc) is 2.74. The van der Waals surface area contributed by atoms with Gasteiger partial charge in [0.15, 0.2) is 0 Å². The lowest BCUT2D eigenvalue weighted by atomic mass is 9.85. The Morgan fingerprint density at radius 3 is 2.44 bits per heavy atom. The second-order valence-corrected chi connectivity index (χ2v) is 6.77. The Morgan fingerprint density at radius 2 is 2.00 bits per heavy atom.